The summed E-state index contributed by atoms with van der Waals surface area (Å²) in [6, 6.07) is 0. The van der Waals surface area contributed by atoms with Crippen molar-refractivity contribution in [1.82, 2.24) is 4.90 Å². The van der Waals surface area contributed by atoms with Gasteiger partial charge in [0.15, 0.2) is 0 Å². The Morgan fingerprint density at radius 3 is 1.89 bits per heavy atom. The monoisotopic (exact) mass is 254 g/mol. The average Bonchev–Trinajstić information content (AvgIpc) is 2.27. The molecule has 0 bridgehead atoms. The van der Waals surface area contributed by atoms with E-state index in [0.717, 1.165) is 30.2 Å². The third kappa shape index (κ3) is 5.71. The van der Waals surface area contributed by atoms with Crippen LogP contribution in [0.2, 0.25) is 0 Å². The summed E-state index contributed by atoms with van der Waals surface area (Å²) in [5.74, 6) is 3.16. The van der Waals surface area contributed by atoms with Crippen molar-refractivity contribution in [2.75, 3.05) is 26.2 Å². The van der Waals surface area contributed by atoms with Crippen LogP contribution in [0.15, 0.2) is 0 Å². The third-order valence-electron chi connectivity index (χ3n) is 4.11. The van der Waals surface area contributed by atoms with Crippen molar-refractivity contribution >= 4 is 0 Å². The van der Waals surface area contributed by atoms with Gasteiger partial charge in [0.1, 0.15) is 0 Å². The van der Waals surface area contributed by atoms with Gasteiger partial charge in [-0.1, -0.05) is 40.5 Å². The van der Waals surface area contributed by atoms with E-state index in [9.17, 15) is 0 Å². The molecule has 0 aromatic rings. The molecular formula is C16H34N2. The van der Waals surface area contributed by atoms with E-state index in [1.807, 2.05) is 0 Å². The molecule has 0 spiro atoms. The average molecular weight is 254 g/mol. The molecule has 0 saturated heterocycles. The van der Waals surface area contributed by atoms with Crippen molar-refractivity contribution < 1.29 is 0 Å². The van der Waals surface area contributed by atoms with Crippen molar-refractivity contribution in [2.24, 2.45) is 29.4 Å². The Bertz CT molecular complexity index is 203. The zero-order valence-electron chi connectivity index (χ0n) is 13.0. The molecule has 1 aliphatic rings. The number of nitrogens with two attached hydrogens (primary N) is 1. The highest BCUT2D eigenvalue weighted by Crippen LogP contribution is 2.30. The van der Waals surface area contributed by atoms with Crippen molar-refractivity contribution in [2.45, 2.75) is 53.4 Å². The molecule has 0 aromatic carbocycles. The summed E-state index contributed by atoms with van der Waals surface area (Å²) in [7, 11) is 0. The van der Waals surface area contributed by atoms with Crippen LogP contribution < -0.4 is 5.73 Å². The Balaban J connectivity index is 2.51. The summed E-state index contributed by atoms with van der Waals surface area (Å²) in [5.41, 5.74) is 5.95. The van der Waals surface area contributed by atoms with Crippen LogP contribution in [0.4, 0.5) is 0 Å². The second-order valence-corrected chi connectivity index (χ2v) is 7.05. The predicted octanol–water partition coefficient (Wildman–Crippen LogP) is 3.37. The van der Waals surface area contributed by atoms with Crippen LogP contribution in [0.3, 0.4) is 0 Å². The van der Waals surface area contributed by atoms with E-state index in [2.05, 4.69) is 32.6 Å². The molecule has 1 fully saturated rings. The summed E-state index contributed by atoms with van der Waals surface area (Å²) in [6.07, 6.45) is 5.57. The SMILES string of the molecule is CC(C)CN(CC(C)C)CC1CCCCC1CN. The van der Waals surface area contributed by atoms with E-state index in [1.165, 1.54) is 45.3 Å². The molecule has 1 saturated carbocycles. The maximum Gasteiger partial charge on any atom is 0.00130 e. The molecule has 18 heavy (non-hydrogen) atoms. The highest BCUT2D eigenvalue weighted by atomic mass is 15.1. The molecular weight excluding hydrogens is 220 g/mol. The van der Waals surface area contributed by atoms with E-state index in [4.69, 9.17) is 5.73 Å². The molecule has 0 aromatic heterocycles. The third-order valence-corrected chi connectivity index (χ3v) is 4.11. The molecule has 1 rings (SSSR count). The Kier molecular flexibility index (Phi) is 7.25. The first-order valence-corrected chi connectivity index (χ1v) is 7.95. The van der Waals surface area contributed by atoms with Gasteiger partial charge >= 0.3 is 0 Å². The first-order valence-electron chi connectivity index (χ1n) is 7.95. The lowest BCUT2D eigenvalue weighted by Gasteiger charge is -2.36. The number of hydrogen-bond donors (Lipinski definition) is 1. The second kappa shape index (κ2) is 8.16. The molecule has 2 N–H and O–H groups in total. The van der Waals surface area contributed by atoms with Gasteiger partial charge in [0.2, 0.25) is 0 Å². The van der Waals surface area contributed by atoms with Crippen LogP contribution >= 0.6 is 0 Å². The normalized spacial score (nSPS) is 25.3. The van der Waals surface area contributed by atoms with E-state index in [0.29, 0.717) is 0 Å². The lowest BCUT2D eigenvalue weighted by atomic mass is 9.79. The van der Waals surface area contributed by atoms with Gasteiger partial charge in [-0.2, -0.15) is 0 Å². The Hall–Kier alpha value is -0.0800. The Morgan fingerprint density at radius 1 is 0.944 bits per heavy atom. The van der Waals surface area contributed by atoms with E-state index < -0.39 is 0 Å². The Morgan fingerprint density at radius 2 is 1.44 bits per heavy atom. The van der Waals surface area contributed by atoms with Crippen molar-refractivity contribution in [3.8, 4) is 0 Å². The van der Waals surface area contributed by atoms with Crippen LogP contribution in [0.5, 0.6) is 0 Å². The summed E-state index contributed by atoms with van der Waals surface area (Å²) in [4.78, 5) is 2.69. The summed E-state index contributed by atoms with van der Waals surface area (Å²) in [5, 5.41) is 0. The van der Waals surface area contributed by atoms with Gasteiger partial charge in [0.05, 0.1) is 0 Å². The van der Waals surface area contributed by atoms with E-state index in [-0.39, 0.29) is 0 Å². The minimum absolute atomic E-state index is 0.767. The van der Waals surface area contributed by atoms with Gasteiger partial charge in [-0.25, -0.2) is 0 Å². The second-order valence-electron chi connectivity index (χ2n) is 7.05. The fraction of sp³-hybridized carbons (Fsp3) is 1.00. The van der Waals surface area contributed by atoms with Crippen LogP contribution in [-0.4, -0.2) is 31.1 Å². The van der Waals surface area contributed by atoms with Crippen LogP contribution in [-0.2, 0) is 0 Å². The fourth-order valence-corrected chi connectivity index (χ4v) is 3.42. The van der Waals surface area contributed by atoms with Gasteiger partial charge in [0.25, 0.3) is 0 Å². The number of hydrogen-bond acceptors (Lipinski definition) is 2. The Labute approximate surface area is 114 Å². The maximum atomic E-state index is 5.95. The molecule has 0 aliphatic heterocycles. The van der Waals surface area contributed by atoms with Gasteiger partial charge in [-0.3, -0.25) is 0 Å². The first kappa shape index (κ1) is 16.0. The minimum Gasteiger partial charge on any atom is -0.330 e. The van der Waals surface area contributed by atoms with Gasteiger partial charge in [-0.15, -0.1) is 0 Å². The first-order chi connectivity index (χ1) is 8.52. The lowest BCUT2D eigenvalue weighted by molar-refractivity contribution is 0.133. The topological polar surface area (TPSA) is 29.3 Å². The molecule has 2 nitrogen and oxygen atoms in total. The molecule has 0 heterocycles. The highest BCUT2D eigenvalue weighted by Gasteiger charge is 2.26. The molecule has 2 heteroatoms. The van der Waals surface area contributed by atoms with Crippen LogP contribution in [0.25, 0.3) is 0 Å². The van der Waals surface area contributed by atoms with Gasteiger partial charge in [0, 0.05) is 19.6 Å². The zero-order chi connectivity index (χ0) is 13.5. The lowest BCUT2D eigenvalue weighted by Crippen LogP contribution is -2.40. The van der Waals surface area contributed by atoms with Crippen molar-refractivity contribution in [3.05, 3.63) is 0 Å². The quantitative estimate of drug-likeness (QED) is 0.755. The zero-order valence-corrected chi connectivity index (χ0v) is 13.0. The summed E-state index contributed by atoms with van der Waals surface area (Å²) >= 11 is 0. The van der Waals surface area contributed by atoms with Gasteiger partial charge in [-0.05, 0) is 43.1 Å². The van der Waals surface area contributed by atoms with Crippen molar-refractivity contribution in [3.63, 3.8) is 0 Å². The van der Waals surface area contributed by atoms with Crippen molar-refractivity contribution in [1.29, 1.82) is 0 Å². The van der Waals surface area contributed by atoms with Crippen LogP contribution in [0.1, 0.15) is 53.4 Å². The molecule has 1 aliphatic carbocycles. The maximum absolute atomic E-state index is 5.95. The molecule has 0 radical (unpaired) electrons. The standard InChI is InChI=1S/C16H34N2/c1-13(2)10-18(11-14(3)4)12-16-8-6-5-7-15(16)9-17/h13-16H,5-12,17H2,1-4H3. The molecule has 0 amide bonds. The number of rotatable bonds is 7. The predicted molar refractivity (Wildman–Crippen MR) is 80.6 cm³/mol. The minimum atomic E-state index is 0.767. The van der Waals surface area contributed by atoms with Gasteiger partial charge < -0.3 is 10.6 Å². The fourth-order valence-electron chi connectivity index (χ4n) is 3.42. The van der Waals surface area contributed by atoms with Crippen LogP contribution in [0, 0.1) is 23.7 Å². The van der Waals surface area contributed by atoms with E-state index in [1.54, 1.807) is 0 Å². The smallest absolute Gasteiger partial charge is 0.00130 e. The number of nitrogens with zero attached hydrogens (tertiary/aromatic N) is 1. The largest absolute Gasteiger partial charge is 0.330 e. The molecule has 2 unspecified atom stereocenters. The van der Waals surface area contributed by atoms with E-state index >= 15 is 0 Å². The molecule has 108 valence electrons. The highest BCUT2D eigenvalue weighted by molar-refractivity contribution is 4.79. The summed E-state index contributed by atoms with van der Waals surface area (Å²) in [6.45, 7) is 14.0. The molecule has 2 atom stereocenters. The summed E-state index contributed by atoms with van der Waals surface area (Å²) < 4.78 is 0.